The lowest BCUT2D eigenvalue weighted by Crippen LogP contribution is -2.41. The second-order valence-corrected chi connectivity index (χ2v) is 9.90. The number of aromatic nitrogens is 5. The van der Waals surface area contributed by atoms with Gasteiger partial charge in [-0.25, -0.2) is 4.98 Å². The van der Waals surface area contributed by atoms with Gasteiger partial charge in [-0.05, 0) is 36.2 Å². The molecule has 1 amide bonds. The minimum Gasteiger partial charge on any atom is -0.507 e. The number of nitrogens with zero attached hydrogens (tertiary/aromatic N) is 6. The Hall–Kier alpha value is -4.55. The van der Waals surface area contributed by atoms with E-state index in [2.05, 4.69) is 25.4 Å². The first-order valence-corrected chi connectivity index (χ1v) is 13.2. The number of ether oxygens (including phenoxy) is 1. The Balaban J connectivity index is 1.53. The molecule has 0 aliphatic carbocycles. The largest absolute Gasteiger partial charge is 0.507 e. The molecule has 12 heteroatoms. The van der Waals surface area contributed by atoms with Crippen molar-refractivity contribution < 1.29 is 14.6 Å². The van der Waals surface area contributed by atoms with Crippen LogP contribution in [-0.2, 0) is 4.74 Å². The predicted octanol–water partition coefficient (Wildman–Crippen LogP) is 2.49. The van der Waals surface area contributed by atoms with Crippen LogP contribution in [-0.4, -0.2) is 85.3 Å². The summed E-state index contributed by atoms with van der Waals surface area (Å²) in [6.45, 7) is 7.94. The van der Waals surface area contributed by atoms with Gasteiger partial charge in [0.25, 0.3) is 5.91 Å². The van der Waals surface area contributed by atoms with Gasteiger partial charge in [-0.1, -0.05) is 13.8 Å². The SMILES string of the molecule is CC(C)C(=N)c1cc(-c2nnc(C(=O)NCCN3CCOCC3)n2-c2ccc(-n3ccnc3)cc2)c(O)cc1N. The number of phenols is 1. The number of nitrogens with two attached hydrogens (primary N) is 1. The maximum absolute atomic E-state index is 13.4. The number of amides is 1. The molecule has 2 aromatic carbocycles. The van der Waals surface area contributed by atoms with E-state index >= 15 is 0 Å². The molecule has 0 spiro atoms. The molecule has 0 saturated carbocycles. The quantitative estimate of drug-likeness (QED) is 0.185. The highest BCUT2D eigenvalue weighted by atomic mass is 16.5. The van der Waals surface area contributed by atoms with E-state index < -0.39 is 5.91 Å². The van der Waals surface area contributed by atoms with Gasteiger partial charge in [-0.15, -0.1) is 10.2 Å². The smallest absolute Gasteiger partial charge is 0.289 e. The number of hydrogen-bond donors (Lipinski definition) is 4. The van der Waals surface area contributed by atoms with Gasteiger partial charge in [0.15, 0.2) is 5.82 Å². The van der Waals surface area contributed by atoms with Crippen molar-refractivity contribution in [3.8, 4) is 28.5 Å². The number of anilines is 1. The van der Waals surface area contributed by atoms with Crippen LogP contribution in [0, 0.1) is 11.3 Å². The van der Waals surface area contributed by atoms with Gasteiger partial charge in [-0.3, -0.25) is 14.3 Å². The van der Waals surface area contributed by atoms with Gasteiger partial charge in [0.05, 0.1) is 25.1 Å². The zero-order valence-corrected chi connectivity index (χ0v) is 22.5. The summed E-state index contributed by atoms with van der Waals surface area (Å²) in [7, 11) is 0. The molecule has 1 aliphatic rings. The van der Waals surface area contributed by atoms with Crippen molar-refractivity contribution in [3.05, 3.63) is 66.5 Å². The van der Waals surface area contributed by atoms with E-state index in [-0.39, 0.29) is 29.0 Å². The lowest BCUT2D eigenvalue weighted by atomic mass is 9.96. The summed E-state index contributed by atoms with van der Waals surface area (Å²) in [6, 6.07) is 10.5. The molecule has 1 aliphatic heterocycles. The highest BCUT2D eigenvalue weighted by Gasteiger charge is 2.25. The minimum atomic E-state index is -0.393. The lowest BCUT2D eigenvalue weighted by Gasteiger charge is -2.26. The molecule has 0 atom stereocenters. The molecule has 40 heavy (non-hydrogen) atoms. The highest BCUT2D eigenvalue weighted by molar-refractivity contribution is 6.05. The maximum atomic E-state index is 13.4. The number of morpholine rings is 1. The fourth-order valence-electron chi connectivity index (χ4n) is 4.60. The van der Waals surface area contributed by atoms with Gasteiger partial charge in [0.1, 0.15) is 5.75 Å². The summed E-state index contributed by atoms with van der Waals surface area (Å²) >= 11 is 0. The minimum absolute atomic E-state index is 0.0732. The van der Waals surface area contributed by atoms with Crippen LogP contribution in [0.3, 0.4) is 0 Å². The standard InChI is InChI=1S/C28H33N9O3/c1-18(2)25(30)21-15-22(24(38)16-23(21)29)26-33-34-27(28(39)32-8-9-35-11-13-40-14-12-35)37(26)20-5-3-19(4-6-20)36-10-7-31-17-36/h3-7,10,15-18,30,38H,8-9,11-14,29H2,1-2H3,(H,32,39). The maximum Gasteiger partial charge on any atom is 0.289 e. The zero-order valence-electron chi connectivity index (χ0n) is 22.5. The molecule has 0 radical (unpaired) electrons. The van der Waals surface area contributed by atoms with Crippen molar-refractivity contribution in [1.29, 1.82) is 5.41 Å². The normalized spacial score (nSPS) is 14.0. The highest BCUT2D eigenvalue weighted by Crippen LogP contribution is 2.35. The summed E-state index contributed by atoms with van der Waals surface area (Å²) in [5, 5.41) is 30.9. The van der Waals surface area contributed by atoms with Gasteiger partial charge in [0.2, 0.25) is 5.82 Å². The van der Waals surface area contributed by atoms with Crippen molar-refractivity contribution in [1.82, 2.24) is 34.5 Å². The Morgan fingerprint density at radius 1 is 1.15 bits per heavy atom. The van der Waals surface area contributed by atoms with Crippen LogP contribution in [0.1, 0.15) is 30.0 Å². The molecule has 3 heterocycles. The number of phenolic OH excluding ortho intramolecular Hbond substituents is 1. The van der Waals surface area contributed by atoms with Gasteiger partial charge >= 0.3 is 0 Å². The molecule has 5 N–H and O–H groups in total. The molecule has 12 nitrogen and oxygen atoms in total. The summed E-state index contributed by atoms with van der Waals surface area (Å²) in [5.74, 6) is -0.272. The number of nitrogen functional groups attached to an aromatic ring is 1. The van der Waals surface area contributed by atoms with Crippen molar-refractivity contribution in [2.24, 2.45) is 5.92 Å². The first kappa shape index (κ1) is 27.0. The number of benzene rings is 2. The van der Waals surface area contributed by atoms with Crippen molar-refractivity contribution in [2.45, 2.75) is 13.8 Å². The van der Waals surface area contributed by atoms with Crippen molar-refractivity contribution >= 4 is 17.3 Å². The molecule has 0 unspecified atom stereocenters. The van der Waals surface area contributed by atoms with Crippen LogP contribution in [0.25, 0.3) is 22.8 Å². The second kappa shape index (κ2) is 11.7. The Kier molecular flexibility index (Phi) is 7.89. The average molecular weight is 544 g/mol. The third kappa shape index (κ3) is 5.58. The van der Waals surface area contributed by atoms with E-state index in [0.717, 1.165) is 18.8 Å². The van der Waals surface area contributed by atoms with E-state index in [9.17, 15) is 9.90 Å². The Morgan fingerprint density at radius 2 is 1.88 bits per heavy atom. The molecule has 1 saturated heterocycles. The number of aromatic hydroxyl groups is 1. The summed E-state index contributed by atoms with van der Waals surface area (Å²) < 4.78 is 8.87. The van der Waals surface area contributed by atoms with Crippen molar-refractivity contribution in [2.75, 3.05) is 45.1 Å². The zero-order chi connectivity index (χ0) is 28.2. The molecular weight excluding hydrogens is 510 g/mol. The van der Waals surface area contributed by atoms with E-state index in [1.807, 2.05) is 48.9 Å². The summed E-state index contributed by atoms with van der Waals surface area (Å²) in [5.41, 5.74) is 9.09. The number of rotatable bonds is 9. The number of carbonyl (C=O) groups excluding carboxylic acids is 1. The predicted molar refractivity (Wildman–Crippen MR) is 151 cm³/mol. The van der Waals surface area contributed by atoms with E-state index in [1.54, 1.807) is 23.2 Å². The van der Waals surface area contributed by atoms with Crippen molar-refractivity contribution in [3.63, 3.8) is 0 Å². The summed E-state index contributed by atoms with van der Waals surface area (Å²) in [6.07, 6.45) is 5.23. The van der Waals surface area contributed by atoms with Crippen LogP contribution in [0.4, 0.5) is 5.69 Å². The average Bonchev–Trinajstić information content (AvgIpc) is 3.64. The van der Waals surface area contributed by atoms with Gasteiger partial charge in [-0.2, -0.15) is 0 Å². The van der Waals surface area contributed by atoms with Crippen LogP contribution in [0.5, 0.6) is 5.75 Å². The van der Waals surface area contributed by atoms with Crippen LogP contribution in [0.2, 0.25) is 0 Å². The monoisotopic (exact) mass is 543 g/mol. The first-order chi connectivity index (χ1) is 19.3. The van der Waals surface area contributed by atoms with Crippen LogP contribution >= 0.6 is 0 Å². The molecule has 0 bridgehead atoms. The van der Waals surface area contributed by atoms with Crippen LogP contribution in [0.15, 0.2) is 55.1 Å². The summed E-state index contributed by atoms with van der Waals surface area (Å²) in [4.78, 5) is 19.7. The number of carbonyl (C=O) groups is 1. The van der Waals surface area contributed by atoms with E-state index in [1.165, 1.54) is 6.07 Å². The Bertz CT molecular complexity index is 1490. The second-order valence-electron chi connectivity index (χ2n) is 9.90. The third-order valence-corrected chi connectivity index (χ3v) is 6.87. The molecule has 2 aromatic heterocycles. The first-order valence-electron chi connectivity index (χ1n) is 13.2. The third-order valence-electron chi connectivity index (χ3n) is 6.87. The number of hydrogen-bond acceptors (Lipinski definition) is 9. The van der Waals surface area contributed by atoms with E-state index in [0.29, 0.717) is 48.8 Å². The molecular formula is C28H33N9O3. The Labute approximate surface area is 231 Å². The fourth-order valence-corrected chi connectivity index (χ4v) is 4.60. The molecule has 5 rings (SSSR count). The molecule has 4 aromatic rings. The van der Waals surface area contributed by atoms with Crippen LogP contribution < -0.4 is 11.1 Å². The molecule has 1 fully saturated rings. The fraction of sp³-hybridized carbons (Fsp3) is 0.321. The number of imidazole rings is 1. The number of nitrogens with one attached hydrogen (secondary N) is 2. The lowest BCUT2D eigenvalue weighted by molar-refractivity contribution is 0.0383. The van der Waals surface area contributed by atoms with Gasteiger partial charge < -0.3 is 30.9 Å². The topological polar surface area (TPSA) is 160 Å². The Morgan fingerprint density at radius 3 is 2.55 bits per heavy atom. The van der Waals surface area contributed by atoms with Gasteiger partial charge in [0, 0.05) is 73.0 Å². The van der Waals surface area contributed by atoms with E-state index in [4.69, 9.17) is 15.9 Å². The molecule has 208 valence electrons.